The highest BCUT2D eigenvalue weighted by Gasteiger charge is 2.31. The summed E-state index contributed by atoms with van der Waals surface area (Å²) in [4.78, 5) is 42.6. The molecule has 0 unspecified atom stereocenters. The van der Waals surface area contributed by atoms with E-state index < -0.39 is 23.8 Å². The molecule has 1 aliphatic heterocycles. The number of carboxylic acids is 1. The first-order valence-corrected chi connectivity index (χ1v) is 9.60. The van der Waals surface area contributed by atoms with Crippen molar-refractivity contribution in [3.8, 4) is 5.88 Å². The molecule has 0 saturated carbocycles. The summed E-state index contributed by atoms with van der Waals surface area (Å²) < 4.78 is 0. The number of anilines is 2. The van der Waals surface area contributed by atoms with E-state index >= 15 is 0 Å². The van der Waals surface area contributed by atoms with E-state index in [9.17, 15) is 24.6 Å². The van der Waals surface area contributed by atoms with Crippen LogP contribution in [0, 0.1) is 11.8 Å². The third-order valence-electron chi connectivity index (χ3n) is 5.09. The average molecular weight is 408 g/mol. The molecule has 0 radical (unpaired) electrons. The molecule has 11 heteroatoms. The molecule has 2 amide bonds. The van der Waals surface area contributed by atoms with Gasteiger partial charge in [-0.25, -0.2) is 4.79 Å². The van der Waals surface area contributed by atoms with Gasteiger partial charge in [-0.05, 0) is 31.1 Å². The van der Waals surface area contributed by atoms with Gasteiger partial charge in [0.05, 0.1) is 5.56 Å². The maximum Gasteiger partial charge on any atom is 0.326 e. The summed E-state index contributed by atoms with van der Waals surface area (Å²) >= 11 is 0. The molecule has 0 bridgehead atoms. The molecule has 0 aliphatic carbocycles. The van der Waals surface area contributed by atoms with Gasteiger partial charge in [-0.2, -0.15) is 9.97 Å². The van der Waals surface area contributed by atoms with E-state index in [2.05, 4.69) is 20.6 Å². The molecule has 1 aromatic rings. The molecule has 0 saturated heterocycles. The molecule has 8 N–H and O–H groups in total. The number of fused-ring (bicyclic) bond motifs is 1. The van der Waals surface area contributed by atoms with Crippen molar-refractivity contribution in [1.29, 1.82) is 0 Å². The van der Waals surface area contributed by atoms with Crippen molar-refractivity contribution >= 4 is 29.5 Å². The molecule has 1 aromatic heterocycles. The lowest BCUT2D eigenvalue weighted by atomic mass is 9.80. The predicted molar refractivity (Wildman–Crippen MR) is 105 cm³/mol. The Morgan fingerprint density at radius 1 is 1.31 bits per heavy atom. The van der Waals surface area contributed by atoms with Gasteiger partial charge in [0.2, 0.25) is 23.6 Å². The van der Waals surface area contributed by atoms with Crippen molar-refractivity contribution in [2.24, 2.45) is 17.6 Å². The summed E-state index contributed by atoms with van der Waals surface area (Å²) in [7, 11) is 0. The minimum Gasteiger partial charge on any atom is -0.493 e. The maximum atomic E-state index is 12.5. The Morgan fingerprint density at radius 3 is 2.66 bits per heavy atom. The maximum absolute atomic E-state index is 12.5. The summed E-state index contributed by atoms with van der Waals surface area (Å²) in [6, 6.07) is -1.16. The smallest absolute Gasteiger partial charge is 0.326 e. The Balaban J connectivity index is 2.04. The number of hydrogen-bond acceptors (Lipinski definition) is 8. The van der Waals surface area contributed by atoms with E-state index in [1.54, 1.807) is 0 Å². The van der Waals surface area contributed by atoms with E-state index in [1.807, 2.05) is 6.92 Å². The first kappa shape index (κ1) is 22.2. The lowest BCUT2D eigenvalue weighted by Crippen LogP contribution is -2.43. The number of carbonyl (C=O) groups is 3. The van der Waals surface area contributed by atoms with Gasteiger partial charge in [0.25, 0.3) is 0 Å². The van der Waals surface area contributed by atoms with Crippen LogP contribution >= 0.6 is 0 Å². The first-order valence-electron chi connectivity index (χ1n) is 9.60. The van der Waals surface area contributed by atoms with Crippen molar-refractivity contribution in [3.05, 3.63) is 5.56 Å². The van der Waals surface area contributed by atoms with Crippen molar-refractivity contribution < 1.29 is 24.6 Å². The number of hydrogen-bond donors (Lipinski definition) is 6. The van der Waals surface area contributed by atoms with Crippen LogP contribution in [0.1, 0.15) is 44.6 Å². The number of nitrogens with two attached hydrogens (primary N) is 2. The Hall–Kier alpha value is -3.11. The first-order chi connectivity index (χ1) is 13.7. The van der Waals surface area contributed by atoms with Gasteiger partial charge in [-0.15, -0.1) is 0 Å². The molecule has 160 valence electrons. The fraction of sp³-hybridized carbons (Fsp3) is 0.611. The van der Waals surface area contributed by atoms with Gasteiger partial charge < -0.3 is 32.3 Å². The number of carbonyl (C=O) groups excluding carboxylic acids is 2. The van der Waals surface area contributed by atoms with Crippen LogP contribution in [0.3, 0.4) is 0 Å². The highest BCUT2D eigenvalue weighted by Crippen LogP contribution is 2.35. The largest absolute Gasteiger partial charge is 0.493 e. The normalized spacial score (nSPS) is 17.5. The zero-order valence-corrected chi connectivity index (χ0v) is 16.4. The number of aromatic nitrogens is 2. The highest BCUT2D eigenvalue weighted by molar-refractivity contribution is 5.84. The van der Waals surface area contributed by atoms with Gasteiger partial charge in [-0.1, -0.05) is 13.3 Å². The van der Waals surface area contributed by atoms with Crippen LogP contribution in [-0.2, 0) is 20.8 Å². The molecular weight excluding hydrogens is 380 g/mol. The Labute approximate surface area is 168 Å². The molecule has 0 spiro atoms. The van der Waals surface area contributed by atoms with E-state index in [4.69, 9.17) is 11.5 Å². The minimum absolute atomic E-state index is 0.0210. The van der Waals surface area contributed by atoms with Crippen molar-refractivity contribution in [3.63, 3.8) is 0 Å². The summed E-state index contributed by atoms with van der Waals surface area (Å²) in [6.45, 7) is 2.55. The number of rotatable bonds is 10. The van der Waals surface area contributed by atoms with Crippen molar-refractivity contribution in [1.82, 2.24) is 15.3 Å². The molecule has 1 aliphatic rings. The van der Waals surface area contributed by atoms with Crippen LogP contribution in [0.25, 0.3) is 0 Å². The van der Waals surface area contributed by atoms with Gasteiger partial charge in [-0.3, -0.25) is 9.59 Å². The Bertz CT molecular complexity index is 771. The van der Waals surface area contributed by atoms with E-state index in [1.165, 1.54) is 0 Å². The van der Waals surface area contributed by atoms with Gasteiger partial charge in [0.15, 0.2) is 0 Å². The van der Waals surface area contributed by atoms with Crippen LogP contribution in [0.4, 0.5) is 11.8 Å². The van der Waals surface area contributed by atoms with E-state index in [-0.39, 0.29) is 42.9 Å². The van der Waals surface area contributed by atoms with Crippen LogP contribution in [0.2, 0.25) is 0 Å². The second kappa shape index (κ2) is 9.89. The molecule has 2 heterocycles. The zero-order valence-electron chi connectivity index (χ0n) is 16.4. The zero-order chi connectivity index (χ0) is 21.6. The second-order valence-electron chi connectivity index (χ2n) is 7.29. The topological polar surface area (TPSA) is 194 Å². The molecule has 29 heavy (non-hydrogen) atoms. The van der Waals surface area contributed by atoms with Crippen LogP contribution in [0.15, 0.2) is 0 Å². The third-order valence-corrected chi connectivity index (χ3v) is 5.09. The lowest BCUT2D eigenvalue weighted by molar-refractivity contribution is -0.142. The number of primary amides is 1. The SMILES string of the molecule is CCC[C@@H](CC(=O)N[C@@H](CCC(N)=O)C(=O)O)[C@@H]1CNc2nc(N)nc(O)c2C1. The van der Waals surface area contributed by atoms with Crippen LogP contribution in [-0.4, -0.2) is 50.6 Å². The number of nitrogen functional groups attached to an aromatic ring is 1. The molecule has 0 fully saturated rings. The highest BCUT2D eigenvalue weighted by atomic mass is 16.4. The van der Waals surface area contributed by atoms with Gasteiger partial charge in [0.1, 0.15) is 11.9 Å². The van der Waals surface area contributed by atoms with Crippen LogP contribution < -0.4 is 22.1 Å². The van der Waals surface area contributed by atoms with Crippen LogP contribution in [0.5, 0.6) is 5.88 Å². The number of nitrogens with one attached hydrogen (secondary N) is 2. The summed E-state index contributed by atoms with van der Waals surface area (Å²) in [5.41, 5.74) is 11.2. The van der Waals surface area contributed by atoms with Gasteiger partial charge in [0, 0.05) is 19.4 Å². The van der Waals surface area contributed by atoms with Crippen molar-refractivity contribution in [2.45, 2.75) is 51.5 Å². The Kier molecular flexibility index (Phi) is 7.57. The standard InChI is InChI=1S/C18H28N6O5/c1-2-3-9(7-14(26)22-12(17(28)29)4-5-13(19)25)10-6-11-15(21-8-10)23-18(20)24-16(11)27/h9-10,12H,2-8H2,1H3,(H2,19,25)(H,22,26)(H,28,29)(H4,20,21,23,24,27)/t9-,10-,12-/m0/s1. The number of carboxylic acid groups (broad SMARTS) is 1. The van der Waals surface area contributed by atoms with E-state index in [0.717, 1.165) is 12.8 Å². The minimum atomic E-state index is -1.21. The molecular formula is C18H28N6O5. The number of aromatic hydroxyl groups is 1. The summed E-state index contributed by atoms with van der Waals surface area (Å²) in [5.74, 6) is -1.95. The fourth-order valence-corrected chi connectivity index (χ4v) is 3.63. The average Bonchev–Trinajstić information content (AvgIpc) is 2.64. The quantitative estimate of drug-likeness (QED) is 0.309. The fourth-order valence-electron chi connectivity index (χ4n) is 3.63. The molecule has 11 nitrogen and oxygen atoms in total. The molecule has 2 rings (SSSR count). The lowest BCUT2D eigenvalue weighted by Gasteiger charge is -2.32. The molecule has 3 atom stereocenters. The monoisotopic (exact) mass is 408 g/mol. The van der Waals surface area contributed by atoms with E-state index in [0.29, 0.717) is 24.3 Å². The summed E-state index contributed by atoms with van der Waals surface area (Å²) in [5, 5.41) is 24.9. The number of aliphatic carboxylic acids is 1. The number of nitrogens with zero attached hydrogens (tertiary/aromatic N) is 2. The molecule has 0 aromatic carbocycles. The van der Waals surface area contributed by atoms with Crippen molar-refractivity contribution in [2.75, 3.05) is 17.6 Å². The predicted octanol–water partition coefficient (Wildman–Crippen LogP) is -0.0101. The second-order valence-corrected chi connectivity index (χ2v) is 7.29. The Morgan fingerprint density at radius 2 is 2.03 bits per heavy atom. The van der Waals surface area contributed by atoms with Gasteiger partial charge >= 0.3 is 5.97 Å². The number of amides is 2. The summed E-state index contributed by atoms with van der Waals surface area (Å²) in [6.07, 6.45) is 2.03. The third kappa shape index (κ3) is 6.19.